The Kier molecular flexibility index (Phi) is 5.53. The first kappa shape index (κ1) is 19.7. The van der Waals surface area contributed by atoms with Gasteiger partial charge in [-0.15, -0.1) is 0 Å². The van der Waals surface area contributed by atoms with E-state index < -0.39 is 11.9 Å². The van der Waals surface area contributed by atoms with E-state index in [2.05, 4.69) is 19.2 Å². The average Bonchev–Trinajstić information content (AvgIpc) is 2.76. The van der Waals surface area contributed by atoms with Crippen molar-refractivity contribution in [3.05, 3.63) is 89.5 Å². The van der Waals surface area contributed by atoms with Crippen molar-refractivity contribution in [3.63, 3.8) is 0 Å². The lowest BCUT2D eigenvalue weighted by Gasteiger charge is -2.26. The fraction of sp³-hybridized carbons (Fsp3) is 0.200. The van der Waals surface area contributed by atoms with Gasteiger partial charge in [-0.1, -0.05) is 62.4 Å². The molecule has 1 N–H and O–H groups in total. The highest BCUT2D eigenvalue weighted by atomic mass is 16.5. The lowest BCUT2D eigenvalue weighted by Crippen LogP contribution is -2.26. The fourth-order valence-electron chi connectivity index (χ4n) is 3.53. The number of benzene rings is 3. The predicted octanol–water partition coefficient (Wildman–Crippen LogP) is 5.23. The second-order valence-corrected chi connectivity index (χ2v) is 7.54. The third-order valence-corrected chi connectivity index (χ3v) is 5.12. The highest BCUT2D eigenvalue weighted by Gasteiger charge is 2.33. The number of amides is 1. The highest BCUT2D eigenvalue weighted by Crippen LogP contribution is 2.44. The smallest absolute Gasteiger partial charge is 0.318 e. The molecule has 30 heavy (non-hydrogen) atoms. The molecule has 0 aromatic heterocycles. The van der Waals surface area contributed by atoms with E-state index in [4.69, 9.17) is 9.47 Å². The average molecular weight is 401 g/mol. The summed E-state index contributed by atoms with van der Waals surface area (Å²) in [6, 6.07) is 22.4. The first-order chi connectivity index (χ1) is 14.5. The Balaban J connectivity index is 1.45. The number of fused-ring (bicyclic) bond motifs is 2. The number of para-hydroxylation sites is 2. The lowest BCUT2D eigenvalue weighted by atomic mass is 9.88. The third-order valence-electron chi connectivity index (χ3n) is 5.12. The van der Waals surface area contributed by atoms with Gasteiger partial charge in [0.25, 0.3) is 5.91 Å². The molecular weight excluding hydrogens is 378 g/mol. The summed E-state index contributed by atoms with van der Waals surface area (Å²) in [5, 5.41) is 2.76. The summed E-state index contributed by atoms with van der Waals surface area (Å²) >= 11 is 0. The molecule has 0 radical (unpaired) electrons. The number of nitrogens with one attached hydrogen (secondary N) is 1. The Bertz CT molecular complexity index is 1030. The van der Waals surface area contributed by atoms with Gasteiger partial charge in [0.15, 0.2) is 6.61 Å². The van der Waals surface area contributed by atoms with Crippen molar-refractivity contribution in [1.82, 2.24) is 0 Å². The van der Waals surface area contributed by atoms with Crippen molar-refractivity contribution in [3.8, 4) is 11.5 Å². The van der Waals surface area contributed by atoms with Crippen LogP contribution in [0, 0.1) is 0 Å². The summed E-state index contributed by atoms with van der Waals surface area (Å²) in [4.78, 5) is 25.2. The Morgan fingerprint density at radius 2 is 1.47 bits per heavy atom. The van der Waals surface area contributed by atoms with Gasteiger partial charge in [0.2, 0.25) is 0 Å². The van der Waals surface area contributed by atoms with Crippen LogP contribution < -0.4 is 10.1 Å². The Morgan fingerprint density at radius 3 is 2.03 bits per heavy atom. The number of anilines is 1. The zero-order chi connectivity index (χ0) is 21.1. The summed E-state index contributed by atoms with van der Waals surface area (Å²) < 4.78 is 11.3. The van der Waals surface area contributed by atoms with E-state index >= 15 is 0 Å². The van der Waals surface area contributed by atoms with Crippen molar-refractivity contribution >= 4 is 17.6 Å². The van der Waals surface area contributed by atoms with Gasteiger partial charge in [-0.25, -0.2) is 0 Å². The SMILES string of the molecule is CC(C)c1ccc(NC(=O)COC(=O)C2c3ccccc3Oc3ccccc32)cc1. The molecule has 0 unspecified atom stereocenters. The van der Waals surface area contributed by atoms with Gasteiger partial charge in [0.05, 0.1) is 0 Å². The van der Waals surface area contributed by atoms with E-state index in [0.717, 1.165) is 11.1 Å². The minimum atomic E-state index is -0.635. The Morgan fingerprint density at radius 1 is 0.900 bits per heavy atom. The molecule has 4 rings (SSSR count). The summed E-state index contributed by atoms with van der Waals surface area (Å²) in [5.41, 5.74) is 3.32. The maximum atomic E-state index is 12.9. The number of carbonyl (C=O) groups excluding carboxylic acids is 2. The largest absolute Gasteiger partial charge is 0.457 e. The van der Waals surface area contributed by atoms with Gasteiger partial charge in [-0.05, 0) is 35.7 Å². The van der Waals surface area contributed by atoms with E-state index in [1.807, 2.05) is 72.8 Å². The Hall–Kier alpha value is -3.60. The highest BCUT2D eigenvalue weighted by molar-refractivity contribution is 5.94. The van der Waals surface area contributed by atoms with E-state index in [1.165, 1.54) is 5.56 Å². The standard InChI is InChI=1S/C25H23NO4/c1-16(2)17-11-13-18(14-12-17)26-23(27)15-29-25(28)24-19-7-3-5-9-21(19)30-22-10-6-4-8-20(22)24/h3-14,16,24H,15H2,1-2H3,(H,26,27). The molecule has 0 saturated heterocycles. The van der Waals surface area contributed by atoms with Crippen molar-refractivity contribution in [2.75, 3.05) is 11.9 Å². The van der Waals surface area contributed by atoms with Crippen LogP contribution >= 0.6 is 0 Å². The minimum Gasteiger partial charge on any atom is -0.457 e. The van der Waals surface area contributed by atoms with E-state index in [9.17, 15) is 9.59 Å². The summed E-state index contributed by atoms with van der Waals surface area (Å²) in [7, 11) is 0. The van der Waals surface area contributed by atoms with Gasteiger partial charge >= 0.3 is 5.97 Å². The zero-order valence-corrected chi connectivity index (χ0v) is 16.9. The van der Waals surface area contributed by atoms with Crippen molar-refractivity contribution in [2.45, 2.75) is 25.7 Å². The predicted molar refractivity (Wildman–Crippen MR) is 115 cm³/mol. The molecule has 152 valence electrons. The molecule has 5 heteroatoms. The molecule has 3 aromatic carbocycles. The molecule has 5 nitrogen and oxygen atoms in total. The number of hydrogen-bond donors (Lipinski definition) is 1. The number of esters is 1. The first-order valence-corrected chi connectivity index (χ1v) is 9.95. The summed E-state index contributed by atoms with van der Waals surface area (Å²) in [6.45, 7) is 3.87. The number of ether oxygens (including phenoxy) is 2. The molecular formula is C25H23NO4. The van der Waals surface area contributed by atoms with Crippen LogP contribution in [0.3, 0.4) is 0 Å². The van der Waals surface area contributed by atoms with Crippen LogP contribution in [0.1, 0.15) is 42.4 Å². The van der Waals surface area contributed by atoms with Crippen molar-refractivity contribution < 1.29 is 19.1 Å². The fourth-order valence-corrected chi connectivity index (χ4v) is 3.53. The minimum absolute atomic E-state index is 0.355. The van der Waals surface area contributed by atoms with Crippen molar-refractivity contribution in [2.24, 2.45) is 0 Å². The van der Waals surface area contributed by atoms with Gasteiger partial charge < -0.3 is 14.8 Å². The van der Waals surface area contributed by atoms with E-state index in [0.29, 0.717) is 23.1 Å². The summed E-state index contributed by atoms with van der Waals surface area (Å²) in [5.74, 6) is 0.156. The molecule has 0 atom stereocenters. The van der Waals surface area contributed by atoms with Crippen LogP contribution in [0.2, 0.25) is 0 Å². The number of rotatable bonds is 5. The van der Waals surface area contributed by atoms with Gasteiger partial charge in [0.1, 0.15) is 17.4 Å². The number of hydrogen-bond acceptors (Lipinski definition) is 4. The van der Waals surface area contributed by atoms with Gasteiger partial charge in [-0.2, -0.15) is 0 Å². The molecule has 0 fully saturated rings. The van der Waals surface area contributed by atoms with Gasteiger partial charge in [-0.3, -0.25) is 9.59 Å². The van der Waals surface area contributed by atoms with Gasteiger partial charge in [0, 0.05) is 16.8 Å². The van der Waals surface area contributed by atoms with E-state index in [1.54, 1.807) is 0 Å². The summed E-state index contributed by atoms with van der Waals surface area (Å²) in [6.07, 6.45) is 0. The second kappa shape index (κ2) is 8.41. The molecule has 1 amide bonds. The normalized spacial score (nSPS) is 12.5. The molecule has 1 aliphatic rings. The van der Waals surface area contributed by atoms with Crippen LogP contribution in [0.25, 0.3) is 0 Å². The van der Waals surface area contributed by atoms with Crippen LogP contribution in [0.4, 0.5) is 5.69 Å². The third kappa shape index (κ3) is 4.06. The monoisotopic (exact) mass is 401 g/mol. The molecule has 0 spiro atoms. The first-order valence-electron chi connectivity index (χ1n) is 9.95. The van der Waals surface area contributed by atoms with Crippen LogP contribution in [0.15, 0.2) is 72.8 Å². The van der Waals surface area contributed by atoms with Crippen molar-refractivity contribution in [1.29, 1.82) is 0 Å². The maximum Gasteiger partial charge on any atom is 0.318 e. The Labute approximate surface area is 175 Å². The second-order valence-electron chi connectivity index (χ2n) is 7.54. The lowest BCUT2D eigenvalue weighted by molar-refractivity contribution is -0.148. The maximum absolute atomic E-state index is 12.9. The number of carbonyl (C=O) groups is 2. The molecule has 1 aliphatic heterocycles. The molecule has 0 saturated carbocycles. The van der Waals surface area contributed by atoms with Crippen LogP contribution in [-0.2, 0) is 14.3 Å². The molecule has 3 aromatic rings. The topological polar surface area (TPSA) is 64.6 Å². The molecule has 0 bridgehead atoms. The molecule has 0 aliphatic carbocycles. The zero-order valence-electron chi connectivity index (χ0n) is 16.9. The van der Waals surface area contributed by atoms with Crippen LogP contribution in [0.5, 0.6) is 11.5 Å². The van der Waals surface area contributed by atoms with Crippen LogP contribution in [-0.4, -0.2) is 18.5 Å². The van der Waals surface area contributed by atoms with E-state index in [-0.39, 0.29) is 12.5 Å². The quantitative estimate of drug-likeness (QED) is 0.595. The molecule has 1 heterocycles.